The van der Waals surface area contributed by atoms with Crippen LogP contribution in [0.4, 0.5) is 0 Å². The first-order chi connectivity index (χ1) is 12.7. The van der Waals surface area contributed by atoms with Crippen molar-refractivity contribution in [2.75, 3.05) is 0 Å². The Bertz CT molecular complexity index is 1030. The second kappa shape index (κ2) is 6.98. The molecule has 0 aliphatic heterocycles. The highest BCUT2D eigenvalue weighted by Gasteiger charge is 2.21. The SMILES string of the molecule is [O-][n+]1cc(-c2ccc(Cl)cc2)nc(-c2ccccc2)c1-c1ccccc1. The van der Waals surface area contributed by atoms with Crippen LogP contribution in [0.1, 0.15) is 0 Å². The first kappa shape index (κ1) is 16.3. The van der Waals surface area contributed by atoms with E-state index in [1.54, 1.807) is 12.1 Å². The van der Waals surface area contributed by atoms with Crippen LogP contribution in [-0.4, -0.2) is 4.98 Å². The van der Waals surface area contributed by atoms with Crippen LogP contribution in [0.5, 0.6) is 0 Å². The maximum absolute atomic E-state index is 12.9. The summed E-state index contributed by atoms with van der Waals surface area (Å²) in [5.41, 5.74) is 4.36. The third-order valence-electron chi connectivity index (χ3n) is 4.15. The lowest BCUT2D eigenvalue weighted by molar-refractivity contribution is -0.593. The molecule has 4 aromatic rings. The van der Waals surface area contributed by atoms with E-state index in [9.17, 15) is 5.21 Å². The molecule has 1 heterocycles. The van der Waals surface area contributed by atoms with Gasteiger partial charge in [-0.15, -0.1) is 0 Å². The number of benzene rings is 3. The first-order valence-corrected chi connectivity index (χ1v) is 8.61. The Hall–Kier alpha value is -3.17. The van der Waals surface area contributed by atoms with Gasteiger partial charge in [0.1, 0.15) is 11.4 Å². The van der Waals surface area contributed by atoms with Gasteiger partial charge in [0.15, 0.2) is 0 Å². The minimum atomic E-state index is 0.537. The van der Waals surface area contributed by atoms with Crippen LogP contribution in [0.15, 0.2) is 91.1 Å². The molecule has 4 rings (SSSR count). The maximum Gasteiger partial charge on any atom is 0.250 e. The van der Waals surface area contributed by atoms with Crippen LogP contribution in [0.2, 0.25) is 5.02 Å². The van der Waals surface area contributed by atoms with Gasteiger partial charge < -0.3 is 5.21 Å². The molecule has 0 unspecified atom stereocenters. The number of halogens is 1. The average Bonchev–Trinajstić information content (AvgIpc) is 2.69. The lowest BCUT2D eigenvalue weighted by Gasteiger charge is -2.12. The van der Waals surface area contributed by atoms with Gasteiger partial charge in [-0.25, -0.2) is 4.98 Å². The van der Waals surface area contributed by atoms with Crippen LogP contribution >= 0.6 is 11.6 Å². The van der Waals surface area contributed by atoms with Crippen molar-refractivity contribution < 1.29 is 4.73 Å². The van der Waals surface area contributed by atoms with E-state index in [4.69, 9.17) is 16.6 Å². The molecule has 0 spiro atoms. The van der Waals surface area contributed by atoms with E-state index in [-0.39, 0.29) is 0 Å². The van der Waals surface area contributed by atoms with Gasteiger partial charge in [0, 0.05) is 21.7 Å². The summed E-state index contributed by atoms with van der Waals surface area (Å²) in [5.74, 6) is 0. The largest absolute Gasteiger partial charge is 0.618 e. The second-order valence-electron chi connectivity index (χ2n) is 5.89. The van der Waals surface area contributed by atoms with Crippen molar-refractivity contribution in [3.8, 4) is 33.8 Å². The number of aromatic nitrogens is 2. The fourth-order valence-corrected chi connectivity index (χ4v) is 3.03. The molecule has 0 saturated heterocycles. The van der Waals surface area contributed by atoms with Crippen molar-refractivity contribution in [1.29, 1.82) is 0 Å². The summed E-state index contributed by atoms with van der Waals surface area (Å²) in [6.07, 6.45) is 1.51. The van der Waals surface area contributed by atoms with Crippen molar-refractivity contribution >= 4 is 11.6 Å². The van der Waals surface area contributed by atoms with Crippen molar-refractivity contribution in [3.63, 3.8) is 0 Å². The summed E-state index contributed by atoms with van der Waals surface area (Å²) in [6, 6.07) is 26.6. The monoisotopic (exact) mass is 358 g/mol. The molecule has 0 atom stereocenters. The van der Waals surface area contributed by atoms with Gasteiger partial charge in [0.2, 0.25) is 11.9 Å². The highest BCUT2D eigenvalue weighted by Crippen LogP contribution is 2.30. The number of hydrogen-bond acceptors (Lipinski definition) is 2. The molecular formula is C22H15ClN2O. The van der Waals surface area contributed by atoms with Gasteiger partial charge in [-0.2, -0.15) is 4.73 Å². The minimum absolute atomic E-state index is 0.537. The molecule has 0 aliphatic carbocycles. The van der Waals surface area contributed by atoms with Crippen LogP contribution in [-0.2, 0) is 0 Å². The molecule has 126 valence electrons. The van der Waals surface area contributed by atoms with Gasteiger partial charge in [0.05, 0.1) is 0 Å². The summed E-state index contributed by atoms with van der Waals surface area (Å²) in [5, 5.41) is 13.6. The number of nitrogens with zero attached hydrogens (tertiary/aromatic N) is 2. The summed E-state index contributed by atoms with van der Waals surface area (Å²) in [6.45, 7) is 0. The fraction of sp³-hybridized carbons (Fsp3) is 0. The standard InChI is InChI=1S/C22H15ClN2O/c23-19-13-11-16(12-14-19)20-15-25(26)22(18-9-5-2-6-10-18)21(24-20)17-7-3-1-4-8-17/h1-15H. The normalized spacial score (nSPS) is 10.7. The van der Waals surface area contributed by atoms with Crippen LogP contribution in [0, 0.1) is 5.21 Å². The zero-order valence-electron chi connectivity index (χ0n) is 13.8. The highest BCUT2D eigenvalue weighted by atomic mass is 35.5. The molecule has 26 heavy (non-hydrogen) atoms. The minimum Gasteiger partial charge on any atom is -0.618 e. The van der Waals surface area contributed by atoms with Crippen LogP contribution < -0.4 is 4.73 Å². The highest BCUT2D eigenvalue weighted by molar-refractivity contribution is 6.30. The maximum atomic E-state index is 12.9. The summed E-state index contributed by atoms with van der Waals surface area (Å²) >= 11 is 5.98. The smallest absolute Gasteiger partial charge is 0.250 e. The Balaban J connectivity index is 1.96. The lowest BCUT2D eigenvalue weighted by atomic mass is 10.0. The Morgan fingerprint density at radius 2 is 1.27 bits per heavy atom. The van der Waals surface area contributed by atoms with Crippen molar-refractivity contribution in [1.82, 2.24) is 4.98 Å². The molecule has 0 saturated carbocycles. The molecule has 3 aromatic carbocycles. The topological polar surface area (TPSA) is 39.8 Å². The molecule has 0 bridgehead atoms. The van der Waals surface area contributed by atoms with Crippen molar-refractivity contribution in [2.24, 2.45) is 0 Å². The van der Waals surface area contributed by atoms with E-state index >= 15 is 0 Å². The number of hydrogen-bond donors (Lipinski definition) is 0. The third kappa shape index (κ3) is 3.17. The Labute approximate surface area is 156 Å². The Morgan fingerprint density at radius 1 is 0.692 bits per heavy atom. The van der Waals surface area contributed by atoms with Crippen molar-refractivity contribution in [3.05, 3.63) is 101 Å². The molecular weight excluding hydrogens is 344 g/mol. The van der Waals surface area contributed by atoms with E-state index < -0.39 is 0 Å². The number of rotatable bonds is 3. The first-order valence-electron chi connectivity index (χ1n) is 8.23. The predicted molar refractivity (Wildman–Crippen MR) is 105 cm³/mol. The van der Waals surface area contributed by atoms with Gasteiger partial charge in [0.25, 0.3) is 0 Å². The van der Waals surface area contributed by atoms with Crippen LogP contribution in [0.25, 0.3) is 33.8 Å². The van der Waals surface area contributed by atoms with E-state index in [0.717, 1.165) is 21.4 Å². The van der Waals surface area contributed by atoms with Crippen LogP contribution in [0.3, 0.4) is 0 Å². The van der Waals surface area contributed by atoms with Gasteiger partial charge in [-0.05, 0) is 24.3 Å². The predicted octanol–water partition coefficient (Wildman–Crippen LogP) is 5.37. The summed E-state index contributed by atoms with van der Waals surface area (Å²) in [7, 11) is 0. The average molecular weight is 359 g/mol. The van der Waals surface area contributed by atoms with E-state index in [0.29, 0.717) is 22.1 Å². The van der Waals surface area contributed by atoms with Gasteiger partial charge >= 0.3 is 0 Å². The molecule has 0 N–H and O–H groups in total. The molecule has 0 amide bonds. The fourth-order valence-electron chi connectivity index (χ4n) is 2.90. The molecule has 1 aromatic heterocycles. The summed E-state index contributed by atoms with van der Waals surface area (Å²) in [4.78, 5) is 4.82. The quantitative estimate of drug-likeness (QED) is 0.365. The third-order valence-corrected chi connectivity index (χ3v) is 4.40. The molecule has 3 nitrogen and oxygen atoms in total. The Morgan fingerprint density at radius 3 is 1.88 bits per heavy atom. The lowest BCUT2D eigenvalue weighted by Crippen LogP contribution is -2.30. The van der Waals surface area contributed by atoms with Crippen molar-refractivity contribution in [2.45, 2.75) is 0 Å². The zero-order valence-corrected chi connectivity index (χ0v) is 14.6. The van der Waals surface area contributed by atoms with E-state index in [2.05, 4.69) is 0 Å². The van der Waals surface area contributed by atoms with Gasteiger partial charge in [-0.3, -0.25) is 0 Å². The Kier molecular flexibility index (Phi) is 4.38. The zero-order chi connectivity index (χ0) is 17.9. The van der Waals surface area contributed by atoms with E-state index in [1.165, 1.54) is 6.20 Å². The van der Waals surface area contributed by atoms with Gasteiger partial charge in [-0.1, -0.05) is 72.3 Å². The molecule has 4 heteroatoms. The summed E-state index contributed by atoms with van der Waals surface area (Å²) < 4.78 is 0.897. The molecule has 0 fully saturated rings. The second-order valence-corrected chi connectivity index (χ2v) is 6.32. The molecule has 0 aliphatic rings. The molecule has 0 radical (unpaired) electrons. The van der Waals surface area contributed by atoms with E-state index in [1.807, 2.05) is 72.8 Å².